The summed E-state index contributed by atoms with van der Waals surface area (Å²) in [6.07, 6.45) is 5.74. The number of amides is 1. The summed E-state index contributed by atoms with van der Waals surface area (Å²) < 4.78 is 30.7. The van der Waals surface area contributed by atoms with Crippen molar-refractivity contribution in [2.75, 3.05) is 25.6 Å². The quantitative estimate of drug-likeness (QED) is 0.593. The molecule has 1 amide bonds. The molecular formula is C17H22N4O4S2. The van der Waals surface area contributed by atoms with E-state index in [2.05, 4.69) is 14.7 Å². The molecule has 3 heterocycles. The van der Waals surface area contributed by atoms with Crippen LogP contribution >= 0.6 is 11.8 Å². The van der Waals surface area contributed by atoms with Crippen LogP contribution in [0.3, 0.4) is 0 Å². The normalized spacial score (nSPS) is 15.9. The Morgan fingerprint density at radius 2 is 2.04 bits per heavy atom. The van der Waals surface area contributed by atoms with Gasteiger partial charge in [0.25, 0.3) is 5.91 Å². The molecule has 1 N–H and O–H groups in total. The van der Waals surface area contributed by atoms with Crippen LogP contribution in [-0.2, 0) is 10.0 Å². The Hall–Kier alpha value is -1.91. The average Bonchev–Trinajstić information content (AvgIpc) is 3.14. The molecule has 1 saturated heterocycles. The Balaban J connectivity index is 1.79. The summed E-state index contributed by atoms with van der Waals surface area (Å²) in [6.45, 7) is 2.76. The van der Waals surface area contributed by atoms with Crippen molar-refractivity contribution in [3.8, 4) is 11.6 Å². The van der Waals surface area contributed by atoms with Crippen molar-refractivity contribution in [3.05, 3.63) is 29.7 Å². The molecule has 1 aliphatic rings. The number of rotatable bonds is 5. The molecule has 3 rings (SSSR count). The topological polar surface area (TPSA) is 105 Å². The fourth-order valence-corrected chi connectivity index (χ4v) is 4.58. The summed E-state index contributed by atoms with van der Waals surface area (Å²) in [5, 5.41) is 0.607. The fraction of sp³-hybridized carbons (Fsp3) is 0.471. The van der Waals surface area contributed by atoms with Crippen LogP contribution in [-0.4, -0.2) is 60.8 Å². The van der Waals surface area contributed by atoms with Gasteiger partial charge in [0.15, 0.2) is 11.6 Å². The molecule has 0 saturated carbocycles. The number of carbonyl (C=O) groups excluding carboxylic acids is 1. The van der Waals surface area contributed by atoms with Crippen molar-refractivity contribution in [3.63, 3.8) is 0 Å². The van der Waals surface area contributed by atoms with Gasteiger partial charge in [-0.1, -0.05) is 0 Å². The van der Waals surface area contributed by atoms with Crippen molar-refractivity contribution >= 4 is 27.7 Å². The number of thioether (sulfide) groups is 1. The molecule has 146 valence electrons. The third-order valence-corrected chi connectivity index (χ3v) is 5.81. The van der Waals surface area contributed by atoms with Crippen molar-refractivity contribution < 1.29 is 17.6 Å². The number of hydrogen-bond donors (Lipinski definition) is 1. The monoisotopic (exact) mass is 410 g/mol. The lowest BCUT2D eigenvalue weighted by atomic mass is 10.0. The molecule has 1 fully saturated rings. The van der Waals surface area contributed by atoms with E-state index in [1.54, 1.807) is 30.2 Å². The number of piperidine rings is 1. The number of nitrogens with zero attached hydrogens (tertiary/aromatic N) is 3. The number of hydrogen-bond acceptors (Lipinski definition) is 7. The minimum absolute atomic E-state index is 0.124. The predicted octanol–water partition coefficient (Wildman–Crippen LogP) is 1.92. The number of aryl methyl sites for hydroxylation is 1. The first-order chi connectivity index (χ1) is 12.8. The summed E-state index contributed by atoms with van der Waals surface area (Å²) in [4.78, 5) is 23.7. The van der Waals surface area contributed by atoms with E-state index in [0.29, 0.717) is 53.8 Å². The molecule has 0 radical (unpaired) electrons. The van der Waals surface area contributed by atoms with Crippen LogP contribution in [0.5, 0.6) is 0 Å². The fourth-order valence-electron chi connectivity index (χ4n) is 3.12. The molecule has 0 unspecified atom stereocenters. The van der Waals surface area contributed by atoms with Crippen molar-refractivity contribution in [2.24, 2.45) is 0 Å². The van der Waals surface area contributed by atoms with Gasteiger partial charge in [0.1, 0.15) is 5.03 Å². The van der Waals surface area contributed by atoms with Crippen molar-refractivity contribution in [2.45, 2.75) is 30.8 Å². The third kappa shape index (κ3) is 4.69. The van der Waals surface area contributed by atoms with Gasteiger partial charge in [-0.2, -0.15) is 0 Å². The zero-order valence-electron chi connectivity index (χ0n) is 15.4. The zero-order valence-corrected chi connectivity index (χ0v) is 17.1. The molecule has 0 aromatic carbocycles. The van der Waals surface area contributed by atoms with E-state index in [9.17, 15) is 13.2 Å². The molecule has 0 aliphatic carbocycles. The van der Waals surface area contributed by atoms with E-state index >= 15 is 0 Å². The van der Waals surface area contributed by atoms with Crippen LogP contribution in [0.1, 0.15) is 28.9 Å². The molecule has 0 bridgehead atoms. The first-order valence-electron chi connectivity index (χ1n) is 8.51. The Morgan fingerprint density at radius 3 is 2.59 bits per heavy atom. The molecular weight excluding hydrogens is 388 g/mol. The summed E-state index contributed by atoms with van der Waals surface area (Å²) in [5.74, 6) is 0.884. The summed E-state index contributed by atoms with van der Waals surface area (Å²) in [6, 6.07) is 3.41. The summed E-state index contributed by atoms with van der Waals surface area (Å²) in [7, 11) is -3.24. The van der Waals surface area contributed by atoms with Crippen molar-refractivity contribution in [1.29, 1.82) is 0 Å². The zero-order chi connectivity index (χ0) is 19.6. The molecule has 2 aromatic heterocycles. The second-order valence-corrected chi connectivity index (χ2v) is 9.03. The summed E-state index contributed by atoms with van der Waals surface area (Å²) >= 11 is 1.39. The van der Waals surface area contributed by atoms with Crippen LogP contribution in [0.2, 0.25) is 0 Å². The molecule has 0 atom stereocenters. The highest BCUT2D eigenvalue weighted by Crippen LogP contribution is 2.27. The highest BCUT2D eigenvalue weighted by atomic mass is 32.2. The number of sulfonamides is 1. The van der Waals surface area contributed by atoms with Gasteiger partial charge < -0.3 is 9.32 Å². The lowest BCUT2D eigenvalue weighted by Gasteiger charge is -2.32. The lowest BCUT2D eigenvalue weighted by molar-refractivity contribution is 0.0705. The number of carbonyl (C=O) groups is 1. The van der Waals surface area contributed by atoms with E-state index in [1.165, 1.54) is 11.8 Å². The standard InChI is InChI=1S/C17H22N4O4S2/c1-11-14(16(26-2)19-15(18-11)13-5-4-10-25-13)17(22)21-8-6-12(7-9-21)20-27(3,23)24/h4-5,10,12,20H,6-9H2,1-3H3. The van der Waals surface area contributed by atoms with Crippen LogP contribution in [0.25, 0.3) is 11.6 Å². The van der Waals surface area contributed by atoms with E-state index in [0.717, 1.165) is 6.26 Å². The smallest absolute Gasteiger partial charge is 0.258 e. The third-order valence-electron chi connectivity index (χ3n) is 4.37. The van der Waals surface area contributed by atoms with Crippen molar-refractivity contribution in [1.82, 2.24) is 19.6 Å². The predicted molar refractivity (Wildman–Crippen MR) is 103 cm³/mol. The maximum Gasteiger partial charge on any atom is 0.258 e. The van der Waals surface area contributed by atoms with Crippen LogP contribution in [0.4, 0.5) is 0 Å². The minimum atomic E-state index is -3.24. The second-order valence-electron chi connectivity index (χ2n) is 6.45. The number of likely N-dealkylation sites (tertiary alicyclic amines) is 1. The van der Waals surface area contributed by atoms with Gasteiger partial charge in [-0.05, 0) is 38.2 Å². The number of nitrogens with one attached hydrogen (secondary N) is 1. The van der Waals surface area contributed by atoms with E-state index < -0.39 is 10.0 Å². The summed E-state index contributed by atoms with van der Waals surface area (Å²) in [5.41, 5.74) is 1.09. The molecule has 1 aliphatic heterocycles. The molecule has 27 heavy (non-hydrogen) atoms. The first-order valence-corrected chi connectivity index (χ1v) is 11.6. The van der Waals surface area contributed by atoms with E-state index in [4.69, 9.17) is 4.42 Å². The maximum atomic E-state index is 13.1. The van der Waals surface area contributed by atoms with Gasteiger partial charge in [-0.3, -0.25) is 4.79 Å². The molecule has 0 spiro atoms. The maximum absolute atomic E-state index is 13.1. The molecule has 8 nitrogen and oxygen atoms in total. The van der Waals surface area contributed by atoms with Gasteiger partial charge in [-0.25, -0.2) is 23.1 Å². The Labute approximate surface area is 162 Å². The first kappa shape index (κ1) is 19.8. The largest absolute Gasteiger partial charge is 0.461 e. The van der Waals surface area contributed by atoms with Crippen LogP contribution in [0.15, 0.2) is 27.8 Å². The molecule has 2 aromatic rings. The van der Waals surface area contributed by atoms with Crippen LogP contribution < -0.4 is 4.72 Å². The Morgan fingerprint density at radius 1 is 1.33 bits per heavy atom. The number of furan rings is 1. The Bertz CT molecular complexity index is 921. The van der Waals surface area contributed by atoms with E-state index in [-0.39, 0.29) is 11.9 Å². The SMILES string of the molecule is CSc1nc(-c2ccco2)nc(C)c1C(=O)N1CCC(NS(C)(=O)=O)CC1. The second kappa shape index (κ2) is 7.99. The molecule has 10 heteroatoms. The van der Waals surface area contributed by atoms with E-state index in [1.807, 2.05) is 6.26 Å². The number of aromatic nitrogens is 2. The average molecular weight is 411 g/mol. The van der Waals surface area contributed by atoms with Gasteiger partial charge in [0, 0.05) is 19.1 Å². The highest BCUT2D eigenvalue weighted by molar-refractivity contribution is 7.98. The van der Waals surface area contributed by atoms with Gasteiger partial charge in [0.2, 0.25) is 10.0 Å². The van der Waals surface area contributed by atoms with Crippen LogP contribution in [0, 0.1) is 6.92 Å². The van der Waals surface area contributed by atoms with Gasteiger partial charge >= 0.3 is 0 Å². The highest BCUT2D eigenvalue weighted by Gasteiger charge is 2.28. The Kier molecular flexibility index (Phi) is 5.87. The van der Waals surface area contributed by atoms with Gasteiger partial charge in [0.05, 0.1) is 23.8 Å². The van der Waals surface area contributed by atoms with Gasteiger partial charge in [-0.15, -0.1) is 11.8 Å². The lowest BCUT2D eigenvalue weighted by Crippen LogP contribution is -2.46. The minimum Gasteiger partial charge on any atom is -0.461 e.